The summed E-state index contributed by atoms with van der Waals surface area (Å²) < 4.78 is 7.13. The number of amides is 2. The molecule has 1 aromatic heterocycles. The van der Waals surface area contributed by atoms with E-state index >= 15 is 0 Å². The Morgan fingerprint density at radius 3 is 2.20 bits per heavy atom. The summed E-state index contributed by atoms with van der Waals surface area (Å²) in [7, 11) is 0. The summed E-state index contributed by atoms with van der Waals surface area (Å²) in [5, 5.41) is 0. The molecule has 0 atom stereocenters. The Hall–Kier alpha value is -3.87. The van der Waals surface area contributed by atoms with Gasteiger partial charge in [0.1, 0.15) is 0 Å². The average molecular weight is 405 g/mol. The molecule has 3 aromatic rings. The number of hydrogen-bond acceptors (Lipinski definition) is 4. The lowest BCUT2D eigenvalue weighted by Crippen LogP contribution is -2.43. The van der Waals surface area contributed by atoms with E-state index in [9.17, 15) is 14.4 Å². The van der Waals surface area contributed by atoms with Crippen LogP contribution in [0.2, 0.25) is 0 Å². The van der Waals surface area contributed by atoms with E-state index in [1.165, 1.54) is 0 Å². The molecular weight excluding hydrogens is 382 g/mol. The number of carbonyl (C=O) groups excluding carboxylic acids is 3. The highest BCUT2D eigenvalue weighted by Crippen LogP contribution is 2.18. The minimum absolute atomic E-state index is 0.403. The molecule has 3 rings (SSSR count). The van der Waals surface area contributed by atoms with Crippen LogP contribution >= 0.6 is 0 Å². The number of hydrogen-bond donors (Lipinski definition) is 2. The number of esters is 1. The summed E-state index contributed by atoms with van der Waals surface area (Å²) in [6.45, 7) is 3.89. The van der Waals surface area contributed by atoms with Crippen LogP contribution in [0.25, 0.3) is 0 Å². The van der Waals surface area contributed by atoms with Crippen LogP contribution in [0.5, 0.6) is 0 Å². The third kappa shape index (κ3) is 5.14. The third-order valence-corrected chi connectivity index (χ3v) is 4.66. The first-order valence-electron chi connectivity index (χ1n) is 9.47. The molecular formula is C23H23N3O4. The second-order valence-corrected chi connectivity index (χ2v) is 6.80. The van der Waals surface area contributed by atoms with Gasteiger partial charge in [-0.1, -0.05) is 48.5 Å². The fourth-order valence-corrected chi connectivity index (χ4v) is 3.05. The molecule has 0 saturated heterocycles. The van der Waals surface area contributed by atoms with Crippen molar-refractivity contribution in [3.05, 3.63) is 94.8 Å². The summed E-state index contributed by atoms with van der Waals surface area (Å²) >= 11 is 0. The van der Waals surface area contributed by atoms with Gasteiger partial charge in [-0.25, -0.2) is 4.79 Å². The van der Waals surface area contributed by atoms with Gasteiger partial charge in [0.25, 0.3) is 11.8 Å². The predicted molar refractivity (Wildman–Crippen MR) is 112 cm³/mol. The molecule has 0 unspecified atom stereocenters. The van der Waals surface area contributed by atoms with Gasteiger partial charge in [-0.05, 0) is 37.6 Å². The molecule has 7 heteroatoms. The van der Waals surface area contributed by atoms with Gasteiger partial charge >= 0.3 is 5.97 Å². The first-order valence-corrected chi connectivity index (χ1v) is 9.47. The molecule has 0 spiro atoms. The standard InChI is InChI=1S/C23H23N3O4/c1-16-13-20(17(2)26(16)14-18-9-5-3-6-10-18)23(29)30-15-21(27)24-25-22(28)19-11-7-4-8-12-19/h3-13H,14-15H2,1-2H3,(H,24,27)(H,25,28). The normalized spacial score (nSPS) is 10.3. The SMILES string of the molecule is Cc1cc(C(=O)OCC(=O)NNC(=O)c2ccccc2)c(C)n1Cc1ccccc1. The van der Waals surface area contributed by atoms with Crippen LogP contribution in [-0.2, 0) is 16.1 Å². The predicted octanol–water partition coefficient (Wildman–Crippen LogP) is 2.77. The summed E-state index contributed by atoms with van der Waals surface area (Å²) in [6.07, 6.45) is 0. The fraction of sp³-hybridized carbons (Fsp3) is 0.174. The van der Waals surface area contributed by atoms with E-state index in [0.717, 1.165) is 17.0 Å². The lowest BCUT2D eigenvalue weighted by molar-refractivity contribution is -0.125. The van der Waals surface area contributed by atoms with Crippen molar-refractivity contribution in [3.8, 4) is 0 Å². The maximum Gasteiger partial charge on any atom is 0.340 e. The highest BCUT2D eigenvalue weighted by atomic mass is 16.5. The van der Waals surface area contributed by atoms with Gasteiger partial charge in [0.15, 0.2) is 6.61 Å². The van der Waals surface area contributed by atoms with Crippen LogP contribution in [0.1, 0.15) is 37.7 Å². The zero-order chi connectivity index (χ0) is 21.5. The Balaban J connectivity index is 1.54. The van der Waals surface area contributed by atoms with Crippen LogP contribution in [0.3, 0.4) is 0 Å². The number of aryl methyl sites for hydroxylation is 1. The number of rotatable bonds is 6. The fourth-order valence-electron chi connectivity index (χ4n) is 3.05. The Labute approximate surface area is 174 Å². The zero-order valence-electron chi connectivity index (χ0n) is 16.8. The molecule has 0 aliphatic heterocycles. The molecule has 0 saturated carbocycles. The molecule has 0 fully saturated rings. The smallest absolute Gasteiger partial charge is 0.340 e. The first kappa shape index (κ1) is 20.9. The van der Waals surface area contributed by atoms with Crippen molar-refractivity contribution in [2.45, 2.75) is 20.4 Å². The van der Waals surface area contributed by atoms with E-state index in [1.807, 2.05) is 48.7 Å². The van der Waals surface area contributed by atoms with E-state index in [4.69, 9.17) is 4.74 Å². The number of carbonyl (C=O) groups is 3. The van der Waals surface area contributed by atoms with Gasteiger partial charge in [-0.15, -0.1) is 0 Å². The highest BCUT2D eigenvalue weighted by Gasteiger charge is 2.18. The van der Waals surface area contributed by atoms with E-state index in [1.54, 1.807) is 36.4 Å². The van der Waals surface area contributed by atoms with Gasteiger partial charge in [0, 0.05) is 23.5 Å². The average Bonchev–Trinajstić information content (AvgIpc) is 3.05. The maximum absolute atomic E-state index is 12.4. The Kier molecular flexibility index (Phi) is 6.64. The maximum atomic E-state index is 12.4. The van der Waals surface area contributed by atoms with Crippen LogP contribution in [0.15, 0.2) is 66.7 Å². The topological polar surface area (TPSA) is 89.4 Å². The van der Waals surface area contributed by atoms with Gasteiger partial charge in [0.05, 0.1) is 5.56 Å². The molecule has 0 aliphatic carbocycles. The summed E-state index contributed by atoms with van der Waals surface area (Å²) in [6, 6.07) is 20.1. The quantitative estimate of drug-likeness (QED) is 0.488. The molecule has 2 N–H and O–H groups in total. The summed E-state index contributed by atoms with van der Waals surface area (Å²) in [4.78, 5) is 36.3. The van der Waals surface area contributed by atoms with Crippen molar-refractivity contribution in [2.75, 3.05) is 6.61 Å². The van der Waals surface area contributed by atoms with Gasteiger partial charge in [0.2, 0.25) is 0 Å². The molecule has 2 aromatic carbocycles. The monoisotopic (exact) mass is 405 g/mol. The van der Waals surface area contributed by atoms with E-state index in [-0.39, 0.29) is 0 Å². The number of benzene rings is 2. The zero-order valence-corrected chi connectivity index (χ0v) is 16.8. The Morgan fingerprint density at radius 1 is 0.900 bits per heavy atom. The van der Waals surface area contributed by atoms with Crippen molar-refractivity contribution >= 4 is 17.8 Å². The molecule has 1 heterocycles. The van der Waals surface area contributed by atoms with Gasteiger partial charge in [-0.2, -0.15) is 0 Å². The summed E-state index contributed by atoms with van der Waals surface area (Å²) in [5.74, 6) is -1.68. The first-order chi connectivity index (χ1) is 14.5. The van der Waals surface area contributed by atoms with Crippen molar-refractivity contribution in [3.63, 3.8) is 0 Å². The lowest BCUT2D eigenvalue weighted by Gasteiger charge is -2.10. The molecule has 0 bridgehead atoms. The number of aromatic nitrogens is 1. The number of ether oxygens (including phenoxy) is 1. The molecule has 0 aliphatic rings. The number of nitrogens with one attached hydrogen (secondary N) is 2. The Morgan fingerprint density at radius 2 is 1.53 bits per heavy atom. The number of nitrogens with zero attached hydrogens (tertiary/aromatic N) is 1. The molecule has 0 radical (unpaired) electrons. The van der Waals surface area contributed by atoms with Crippen LogP contribution in [0.4, 0.5) is 0 Å². The second-order valence-electron chi connectivity index (χ2n) is 6.80. The van der Waals surface area contributed by atoms with Crippen molar-refractivity contribution in [1.82, 2.24) is 15.4 Å². The highest BCUT2D eigenvalue weighted by molar-refractivity contribution is 5.96. The van der Waals surface area contributed by atoms with E-state index in [2.05, 4.69) is 10.9 Å². The van der Waals surface area contributed by atoms with Crippen LogP contribution in [0, 0.1) is 13.8 Å². The van der Waals surface area contributed by atoms with E-state index in [0.29, 0.717) is 17.7 Å². The minimum Gasteiger partial charge on any atom is -0.452 e. The number of hydrazine groups is 1. The lowest BCUT2D eigenvalue weighted by atomic mass is 10.2. The van der Waals surface area contributed by atoms with Crippen LogP contribution in [-0.4, -0.2) is 29.0 Å². The second kappa shape index (κ2) is 9.56. The molecule has 2 amide bonds. The van der Waals surface area contributed by atoms with Gasteiger partial charge in [-0.3, -0.25) is 20.4 Å². The van der Waals surface area contributed by atoms with Gasteiger partial charge < -0.3 is 9.30 Å². The largest absolute Gasteiger partial charge is 0.452 e. The Bertz CT molecular complexity index is 1040. The molecule has 7 nitrogen and oxygen atoms in total. The molecule has 154 valence electrons. The summed E-state index contributed by atoms with van der Waals surface area (Å²) in [5.41, 5.74) is 8.12. The van der Waals surface area contributed by atoms with Crippen molar-refractivity contribution < 1.29 is 19.1 Å². The van der Waals surface area contributed by atoms with Crippen LogP contribution < -0.4 is 10.9 Å². The van der Waals surface area contributed by atoms with Crippen molar-refractivity contribution in [1.29, 1.82) is 0 Å². The minimum atomic E-state index is -0.634. The molecule has 30 heavy (non-hydrogen) atoms. The van der Waals surface area contributed by atoms with Crippen molar-refractivity contribution in [2.24, 2.45) is 0 Å². The third-order valence-electron chi connectivity index (χ3n) is 4.66. The van der Waals surface area contributed by atoms with E-state index < -0.39 is 24.4 Å².